The van der Waals surface area contributed by atoms with E-state index >= 15 is 0 Å². The van der Waals surface area contributed by atoms with Crippen LogP contribution in [0.5, 0.6) is 0 Å². The molecular weight excluding hydrogens is 252 g/mol. The van der Waals surface area contributed by atoms with Crippen LogP contribution in [0.4, 0.5) is 0 Å². The van der Waals surface area contributed by atoms with Crippen LogP contribution in [0.2, 0.25) is 0 Å². The van der Waals surface area contributed by atoms with Gasteiger partial charge in [-0.15, -0.1) is 0 Å². The smallest absolute Gasteiger partial charge is 0.333 e. The Morgan fingerprint density at radius 3 is 2.85 bits per heavy atom. The molecule has 1 rings (SSSR count). The molecule has 20 heavy (non-hydrogen) atoms. The Hall–Kier alpha value is -1.35. The fraction of sp³-hybridized carbons (Fsp3) is 0.588. The Labute approximate surface area is 122 Å². The number of ether oxygens (including phenoxy) is 1. The quantitative estimate of drug-likeness (QED) is 0.587. The van der Waals surface area contributed by atoms with Gasteiger partial charge < -0.3 is 9.84 Å². The van der Waals surface area contributed by atoms with Crippen LogP contribution < -0.4 is 0 Å². The van der Waals surface area contributed by atoms with Crippen LogP contribution >= 0.6 is 0 Å². The van der Waals surface area contributed by atoms with Gasteiger partial charge in [-0.3, -0.25) is 0 Å². The van der Waals surface area contributed by atoms with Gasteiger partial charge in [0, 0.05) is 5.57 Å². The maximum Gasteiger partial charge on any atom is 0.333 e. The molecule has 0 aliphatic heterocycles. The molecule has 0 bridgehead atoms. The summed E-state index contributed by atoms with van der Waals surface area (Å²) in [4.78, 5) is 11.6. The lowest BCUT2D eigenvalue weighted by molar-refractivity contribution is -0.136. The van der Waals surface area contributed by atoms with E-state index in [1.54, 1.807) is 0 Å². The third-order valence-electron chi connectivity index (χ3n) is 3.50. The van der Waals surface area contributed by atoms with Crippen LogP contribution in [0, 0.1) is 0 Å². The van der Waals surface area contributed by atoms with Gasteiger partial charge in [0.1, 0.15) is 0 Å². The monoisotopic (exact) mass is 278 g/mol. The first-order valence-corrected chi connectivity index (χ1v) is 7.43. The van der Waals surface area contributed by atoms with Crippen molar-refractivity contribution in [1.82, 2.24) is 0 Å². The van der Waals surface area contributed by atoms with Crippen LogP contribution in [0.3, 0.4) is 0 Å². The third kappa shape index (κ3) is 6.71. The molecule has 1 aliphatic carbocycles. The van der Waals surface area contributed by atoms with E-state index in [2.05, 4.69) is 13.0 Å². The Balaban J connectivity index is 2.71. The molecule has 0 heterocycles. The highest BCUT2D eigenvalue weighted by atomic mass is 16.5. The summed E-state index contributed by atoms with van der Waals surface area (Å²) in [5.41, 5.74) is 1.93. The zero-order valence-electron chi connectivity index (χ0n) is 12.6. The predicted octanol–water partition coefficient (Wildman–Crippen LogP) is 3.69. The number of carbonyl (C=O) groups is 1. The summed E-state index contributed by atoms with van der Waals surface area (Å²) in [6.45, 7) is 2.07. The van der Waals surface area contributed by atoms with Crippen LogP contribution in [0.25, 0.3) is 0 Å². The Morgan fingerprint density at radius 1 is 1.30 bits per heavy atom. The summed E-state index contributed by atoms with van der Waals surface area (Å²) in [6.07, 6.45) is 13.8. The molecular formula is C17H26O3. The molecule has 0 aromatic carbocycles. The average molecular weight is 278 g/mol. The maximum absolute atomic E-state index is 11.6. The molecule has 0 aromatic rings. The molecule has 0 aromatic heterocycles. The second kappa shape index (κ2) is 9.54. The van der Waals surface area contributed by atoms with E-state index in [4.69, 9.17) is 4.74 Å². The highest BCUT2D eigenvalue weighted by molar-refractivity contribution is 5.88. The number of esters is 1. The van der Waals surface area contributed by atoms with Crippen molar-refractivity contribution in [2.24, 2.45) is 0 Å². The minimum Gasteiger partial charge on any atom is -0.466 e. The van der Waals surface area contributed by atoms with Crippen molar-refractivity contribution in [3.05, 3.63) is 35.5 Å². The van der Waals surface area contributed by atoms with Gasteiger partial charge in [-0.1, -0.05) is 29.9 Å². The van der Waals surface area contributed by atoms with Gasteiger partial charge in [0.2, 0.25) is 0 Å². The summed E-state index contributed by atoms with van der Waals surface area (Å²) >= 11 is 0. The predicted molar refractivity (Wildman–Crippen MR) is 81.3 cm³/mol. The van der Waals surface area contributed by atoms with Crippen LogP contribution in [0.15, 0.2) is 35.5 Å². The Kier molecular flexibility index (Phi) is 7.97. The van der Waals surface area contributed by atoms with Crippen LogP contribution in [0.1, 0.15) is 51.9 Å². The first kappa shape index (κ1) is 16.7. The molecule has 1 N–H and O–H groups in total. The Bertz CT molecular complexity index is 391. The van der Waals surface area contributed by atoms with Gasteiger partial charge in [0.25, 0.3) is 0 Å². The standard InChI is InChI=1S/C17H26O3/c1-14-9-6-4-3-5-7-10-15(17(19)20-2)11-8-12-16(18)13-14/h5,7,10,13,16,18H,3-4,6,8-9,11-12H2,1-2H3/b7-5+,14-13-,15-10-. The van der Waals surface area contributed by atoms with Gasteiger partial charge in [-0.25, -0.2) is 4.79 Å². The lowest BCUT2D eigenvalue weighted by atomic mass is 10.0. The lowest BCUT2D eigenvalue weighted by Gasteiger charge is -2.10. The van der Waals surface area contributed by atoms with E-state index in [0.717, 1.165) is 32.1 Å². The highest BCUT2D eigenvalue weighted by Gasteiger charge is 2.10. The van der Waals surface area contributed by atoms with E-state index in [0.29, 0.717) is 18.4 Å². The molecule has 0 radical (unpaired) electrons. The fourth-order valence-electron chi connectivity index (χ4n) is 2.33. The maximum atomic E-state index is 11.6. The highest BCUT2D eigenvalue weighted by Crippen LogP contribution is 2.15. The number of hydrogen-bond donors (Lipinski definition) is 1. The van der Waals surface area contributed by atoms with Crippen molar-refractivity contribution >= 4 is 5.97 Å². The second-order valence-electron chi connectivity index (χ2n) is 5.33. The van der Waals surface area contributed by atoms with Crippen LogP contribution in [-0.2, 0) is 9.53 Å². The van der Waals surface area contributed by atoms with E-state index in [-0.39, 0.29) is 5.97 Å². The molecule has 0 saturated heterocycles. The first-order valence-electron chi connectivity index (χ1n) is 7.43. The number of hydrogen-bond acceptors (Lipinski definition) is 3. The lowest BCUT2D eigenvalue weighted by Crippen LogP contribution is -2.07. The molecule has 112 valence electrons. The number of aliphatic hydroxyl groups is 1. The van der Waals surface area contributed by atoms with Crippen molar-refractivity contribution in [2.45, 2.75) is 58.0 Å². The fourth-order valence-corrected chi connectivity index (χ4v) is 2.33. The molecule has 3 heteroatoms. The van der Waals surface area contributed by atoms with Crippen molar-refractivity contribution in [3.63, 3.8) is 0 Å². The molecule has 3 nitrogen and oxygen atoms in total. The van der Waals surface area contributed by atoms with Crippen molar-refractivity contribution in [1.29, 1.82) is 0 Å². The minimum absolute atomic E-state index is 0.275. The summed E-state index contributed by atoms with van der Waals surface area (Å²) in [6, 6.07) is 0. The largest absolute Gasteiger partial charge is 0.466 e. The zero-order chi connectivity index (χ0) is 14.8. The number of aliphatic hydroxyl groups excluding tert-OH is 1. The second-order valence-corrected chi connectivity index (χ2v) is 5.33. The van der Waals surface area contributed by atoms with Gasteiger partial charge in [-0.2, -0.15) is 0 Å². The molecule has 1 aliphatic rings. The number of allylic oxidation sites excluding steroid dienone is 4. The van der Waals surface area contributed by atoms with E-state index < -0.39 is 6.10 Å². The van der Waals surface area contributed by atoms with Crippen LogP contribution in [-0.4, -0.2) is 24.3 Å². The molecule has 1 unspecified atom stereocenters. The van der Waals surface area contributed by atoms with Gasteiger partial charge in [-0.05, 0) is 51.9 Å². The SMILES string of the molecule is COC(=O)/C1=C\C=C\CCCC/C(C)=C\C(O)CCC1. The summed E-state index contributed by atoms with van der Waals surface area (Å²) < 4.78 is 4.79. The molecule has 0 saturated carbocycles. The topological polar surface area (TPSA) is 46.5 Å². The molecule has 0 spiro atoms. The third-order valence-corrected chi connectivity index (χ3v) is 3.50. The number of methoxy groups -OCH3 is 1. The average Bonchev–Trinajstić information content (AvgIpc) is 2.42. The molecule has 1 atom stereocenters. The van der Waals surface area contributed by atoms with E-state index in [1.807, 2.05) is 18.2 Å². The zero-order valence-corrected chi connectivity index (χ0v) is 12.6. The molecule has 0 amide bonds. The van der Waals surface area contributed by atoms with Gasteiger partial charge in [0.05, 0.1) is 13.2 Å². The summed E-state index contributed by atoms with van der Waals surface area (Å²) in [5, 5.41) is 9.95. The van der Waals surface area contributed by atoms with Crippen molar-refractivity contribution < 1.29 is 14.6 Å². The van der Waals surface area contributed by atoms with Gasteiger partial charge in [0.15, 0.2) is 0 Å². The summed E-state index contributed by atoms with van der Waals surface area (Å²) in [5.74, 6) is -0.275. The minimum atomic E-state index is -0.410. The van der Waals surface area contributed by atoms with Crippen molar-refractivity contribution in [3.8, 4) is 0 Å². The van der Waals surface area contributed by atoms with E-state index in [9.17, 15) is 9.90 Å². The normalized spacial score (nSPS) is 29.2. The first-order chi connectivity index (χ1) is 9.63. The number of carbonyl (C=O) groups excluding carboxylic acids is 1. The Morgan fingerprint density at radius 2 is 2.10 bits per heavy atom. The summed E-state index contributed by atoms with van der Waals surface area (Å²) in [7, 11) is 1.40. The molecule has 0 fully saturated rings. The van der Waals surface area contributed by atoms with Crippen molar-refractivity contribution in [2.75, 3.05) is 7.11 Å². The van der Waals surface area contributed by atoms with E-state index in [1.165, 1.54) is 12.7 Å². The number of rotatable bonds is 1. The van der Waals surface area contributed by atoms with Gasteiger partial charge >= 0.3 is 5.97 Å².